The number of hydrogen-bond donors (Lipinski definition) is 1. The van der Waals surface area contributed by atoms with Crippen LogP contribution in [0.3, 0.4) is 0 Å². The third kappa shape index (κ3) is 2.18. The maximum Gasteiger partial charge on any atom is 0.339 e. The Labute approximate surface area is 125 Å². The van der Waals surface area contributed by atoms with E-state index in [1.807, 2.05) is 0 Å². The molecule has 1 heterocycles. The van der Waals surface area contributed by atoms with Crippen LogP contribution in [0.15, 0.2) is 42.5 Å². The standard InChI is InChI=1S/C15H10Cl2O3/c16-8-5-6-11(12(17)7-8)13(18)14-9-3-1-2-4-10(9)15(19)20-14/h1-7,13-14,18H/t13-,14-/m0/s1. The van der Waals surface area contributed by atoms with Crippen molar-refractivity contribution in [2.45, 2.75) is 12.2 Å². The predicted molar refractivity (Wildman–Crippen MR) is 76.0 cm³/mol. The maximum absolute atomic E-state index is 11.8. The van der Waals surface area contributed by atoms with E-state index in [2.05, 4.69) is 0 Å². The van der Waals surface area contributed by atoms with Gasteiger partial charge in [0.15, 0.2) is 6.10 Å². The van der Waals surface area contributed by atoms with Gasteiger partial charge in [0, 0.05) is 21.2 Å². The zero-order valence-electron chi connectivity index (χ0n) is 10.2. The van der Waals surface area contributed by atoms with E-state index in [0.29, 0.717) is 26.7 Å². The van der Waals surface area contributed by atoms with Crippen molar-refractivity contribution in [2.75, 3.05) is 0 Å². The number of rotatable bonds is 2. The molecule has 0 spiro atoms. The van der Waals surface area contributed by atoms with Crippen molar-refractivity contribution >= 4 is 29.2 Å². The molecule has 102 valence electrons. The average molecular weight is 309 g/mol. The van der Waals surface area contributed by atoms with E-state index in [1.165, 1.54) is 0 Å². The molecule has 2 atom stereocenters. The van der Waals surface area contributed by atoms with Crippen molar-refractivity contribution in [2.24, 2.45) is 0 Å². The van der Waals surface area contributed by atoms with Gasteiger partial charge in [0.25, 0.3) is 0 Å². The second-order valence-electron chi connectivity index (χ2n) is 4.52. The monoisotopic (exact) mass is 308 g/mol. The Bertz CT molecular complexity index is 685. The first kappa shape index (κ1) is 13.4. The molecule has 5 heteroatoms. The Morgan fingerprint density at radius 1 is 1.15 bits per heavy atom. The molecule has 0 aliphatic carbocycles. The second-order valence-corrected chi connectivity index (χ2v) is 5.37. The van der Waals surface area contributed by atoms with E-state index in [-0.39, 0.29) is 0 Å². The Balaban J connectivity index is 2.00. The number of carbonyl (C=O) groups excluding carboxylic acids is 1. The largest absolute Gasteiger partial charge is 0.451 e. The summed E-state index contributed by atoms with van der Waals surface area (Å²) in [6, 6.07) is 11.8. The lowest BCUT2D eigenvalue weighted by molar-refractivity contribution is -0.0102. The van der Waals surface area contributed by atoms with Gasteiger partial charge in [-0.2, -0.15) is 0 Å². The summed E-state index contributed by atoms with van der Waals surface area (Å²) in [5.41, 5.74) is 1.61. The fourth-order valence-corrected chi connectivity index (χ4v) is 2.83. The average Bonchev–Trinajstić information content (AvgIpc) is 2.76. The number of esters is 1. The van der Waals surface area contributed by atoms with Gasteiger partial charge in [-0.25, -0.2) is 4.79 Å². The van der Waals surface area contributed by atoms with Crippen LogP contribution in [0.2, 0.25) is 10.0 Å². The van der Waals surface area contributed by atoms with E-state index in [1.54, 1.807) is 42.5 Å². The number of fused-ring (bicyclic) bond motifs is 1. The Morgan fingerprint density at radius 2 is 1.90 bits per heavy atom. The zero-order chi connectivity index (χ0) is 14.3. The summed E-state index contributed by atoms with van der Waals surface area (Å²) < 4.78 is 5.25. The fraction of sp³-hybridized carbons (Fsp3) is 0.133. The maximum atomic E-state index is 11.8. The predicted octanol–water partition coefficient (Wildman–Crippen LogP) is 3.94. The smallest absolute Gasteiger partial charge is 0.339 e. The number of halogens is 2. The number of ether oxygens (including phenoxy) is 1. The van der Waals surface area contributed by atoms with E-state index >= 15 is 0 Å². The van der Waals surface area contributed by atoms with Crippen LogP contribution in [-0.4, -0.2) is 11.1 Å². The molecule has 0 bridgehead atoms. The van der Waals surface area contributed by atoms with Crippen LogP contribution in [0, 0.1) is 0 Å². The highest BCUT2D eigenvalue weighted by Gasteiger charge is 2.36. The van der Waals surface area contributed by atoms with Crippen LogP contribution >= 0.6 is 23.2 Å². The summed E-state index contributed by atoms with van der Waals surface area (Å²) in [7, 11) is 0. The molecule has 20 heavy (non-hydrogen) atoms. The Morgan fingerprint density at radius 3 is 2.65 bits per heavy atom. The summed E-state index contributed by atoms with van der Waals surface area (Å²) >= 11 is 11.9. The molecule has 0 fully saturated rings. The van der Waals surface area contributed by atoms with E-state index in [9.17, 15) is 9.90 Å². The van der Waals surface area contributed by atoms with Crippen molar-refractivity contribution in [3.8, 4) is 0 Å². The van der Waals surface area contributed by atoms with Crippen LogP contribution < -0.4 is 0 Å². The molecule has 0 saturated carbocycles. The van der Waals surface area contributed by atoms with Crippen LogP contribution in [0.25, 0.3) is 0 Å². The van der Waals surface area contributed by atoms with Gasteiger partial charge in [0.2, 0.25) is 0 Å². The molecule has 3 nitrogen and oxygen atoms in total. The van der Waals surface area contributed by atoms with Gasteiger partial charge in [0.1, 0.15) is 6.10 Å². The number of benzene rings is 2. The van der Waals surface area contributed by atoms with Gasteiger partial charge in [-0.1, -0.05) is 47.5 Å². The quantitative estimate of drug-likeness (QED) is 0.855. The number of aliphatic hydroxyl groups excluding tert-OH is 1. The van der Waals surface area contributed by atoms with Gasteiger partial charge in [-0.3, -0.25) is 0 Å². The zero-order valence-corrected chi connectivity index (χ0v) is 11.7. The molecule has 2 aromatic carbocycles. The Kier molecular flexibility index (Phi) is 3.42. The number of aliphatic hydroxyl groups is 1. The highest BCUT2D eigenvalue weighted by Crippen LogP contribution is 2.41. The van der Waals surface area contributed by atoms with E-state index < -0.39 is 18.2 Å². The molecule has 0 aromatic heterocycles. The molecule has 0 saturated heterocycles. The summed E-state index contributed by atoms with van der Waals surface area (Å²) in [4.78, 5) is 11.8. The second kappa shape index (κ2) is 5.09. The molecule has 1 aliphatic heterocycles. The van der Waals surface area contributed by atoms with Crippen molar-refractivity contribution in [3.05, 3.63) is 69.2 Å². The summed E-state index contributed by atoms with van der Waals surface area (Å²) in [6.07, 6.45) is -1.79. The van der Waals surface area contributed by atoms with Gasteiger partial charge < -0.3 is 9.84 Å². The van der Waals surface area contributed by atoms with Crippen LogP contribution in [-0.2, 0) is 4.74 Å². The lowest BCUT2D eigenvalue weighted by Crippen LogP contribution is -2.11. The number of hydrogen-bond acceptors (Lipinski definition) is 3. The first-order chi connectivity index (χ1) is 9.58. The molecule has 0 radical (unpaired) electrons. The lowest BCUT2D eigenvalue weighted by atomic mass is 9.97. The minimum absolute atomic E-state index is 0.338. The first-order valence-electron chi connectivity index (χ1n) is 6.01. The van der Waals surface area contributed by atoms with Crippen LogP contribution in [0.4, 0.5) is 0 Å². The van der Waals surface area contributed by atoms with E-state index in [4.69, 9.17) is 27.9 Å². The fourth-order valence-electron chi connectivity index (χ4n) is 2.31. The van der Waals surface area contributed by atoms with Crippen LogP contribution in [0.5, 0.6) is 0 Å². The molecular formula is C15H10Cl2O3. The molecular weight excluding hydrogens is 299 g/mol. The molecule has 2 aromatic rings. The molecule has 0 amide bonds. The number of cyclic esters (lactones) is 1. The summed E-state index contributed by atoms with van der Waals surface area (Å²) in [5.74, 6) is -0.435. The van der Waals surface area contributed by atoms with Crippen molar-refractivity contribution in [1.82, 2.24) is 0 Å². The van der Waals surface area contributed by atoms with Crippen LogP contribution in [0.1, 0.15) is 33.7 Å². The molecule has 1 aliphatic rings. The third-order valence-corrected chi connectivity index (χ3v) is 3.85. The van der Waals surface area contributed by atoms with Crippen molar-refractivity contribution in [3.63, 3.8) is 0 Å². The molecule has 1 N–H and O–H groups in total. The minimum Gasteiger partial charge on any atom is -0.451 e. The molecule has 0 unspecified atom stereocenters. The SMILES string of the molecule is O=C1O[C@H]([C@@H](O)c2ccc(Cl)cc2Cl)c2ccccc21. The van der Waals surface area contributed by atoms with Gasteiger partial charge >= 0.3 is 5.97 Å². The van der Waals surface area contributed by atoms with Crippen molar-refractivity contribution < 1.29 is 14.6 Å². The highest BCUT2D eigenvalue weighted by atomic mass is 35.5. The Hall–Kier alpha value is -1.55. The lowest BCUT2D eigenvalue weighted by Gasteiger charge is -2.19. The first-order valence-corrected chi connectivity index (χ1v) is 6.76. The van der Waals surface area contributed by atoms with E-state index in [0.717, 1.165) is 0 Å². The normalized spacial score (nSPS) is 18.6. The highest BCUT2D eigenvalue weighted by molar-refractivity contribution is 6.35. The van der Waals surface area contributed by atoms with Gasteiger partial charge in [0.05, 0.1) is 5.56 Å². The minimum atomic E-state index is -1.03. The van der Waals surface area contributed by atoms with Gasteiger partial charge in [-0.05, 0) is 18.2 Å². The number of carbonyl (C=O) groups is 1. The summed E-state index contributed by atoms with van der Waals surface area (Å²) in [5, 5.41) is 11.3. The molecule has 3 rings (SSSR count). The summed E-state index contributed by atoms with van der Waals surface area (Å²) in [6.45, 7) is 0. The topological polar surface area (TPSA) is 46.5 Å². The van der Waals surface area contributed by atoms with Crippen molar-refractivity contribution in [1.29, 1.82) is 0 Å². The van der Waals surface area contributed by atoms with Gasteiger partial charge in [-0.15, -0.1) is 0 Å². The third-order valence-electron chi connectivity index (χ3n) is 3.29.